The van der Waals surface area contributed by atoms with Crippen LogP contribution in [0.5, 0.6) is 0 Å². The maximum Gasteiger partial charge on any atom is 0.417 e. The van der Waals surface area contributed by atoms with Crippen molar-refractivity contribution in [1.29, 1.82) is 0 Å². The number of alkyl halides is 3. The summed E-state index contributed by atoms with van der Waals surface area (Å²) in [4.78, 5) is 18.6. The van der Waals surface area contributed by atoms with Crippen molar-refractivity contribution in [3.8, 4) is 0 Å². The van der Waals surface area contributed by atoms with Crippen LogP contribution in [0.25, 0.3) is 11.1 Å². The second kappa shape index (κ2) is 8.32. The number of fused-ring (bicyclic) bond motifs is 1. The lowest BCUT2D eigenvalue weighted by Crippen LogP contribution is -2.39. The molecule has 4 rings (SSSR count). The molecule has 1 aliphatic rings. The number of carbonyl (C=O) groups excluding carboxylic acids is 1. The van der Waals surface area contributed by atoms with Crippen LogP contribution < -0.4 is 0 Å². The summed E-state index contributed by atoms with van der Waals surface area (Å²) in [5.41, 5.74) is 0.681. The average Bonchev–Trinajstić information content (AvgIpc) is 3.36. The van der Waals surface area contributed by atoms with Gasteiger partial charge in [-0.25, -0.2) is 4.98 Å². The minimum Gasteiger partial charge on any atom is -0.342 e. The Bertz CT molecular complexity index is 1090. The summed E-state index contributed by atoms with van der Waals surface area (Å²) in [7, 11) is 0. The molecule has 31 heavy (non-hydrogen) atoms. The molecule has 1 atom stereocenters. The summed E-state index contributed by atoms with van der Waals surface area (Å²) in [6.45, 7) is 5.01. The van der Waals surface area contributed by atoms with Crippen molar-refractivity contribution in [2.75, 3.05) is 13.1 Å². The minimum atomic E-state index is -4.54. The smallest absolute Gasteiger partial charge is 0.342 e. The fraction of sp³-hybridized carbons (Fsp3) is 0.524. The molecule has 0 aromatic carbocycles. The second-order valence-electron chi connectivity index (χ2n) is 7.97. The molecule has 0 radical (unpaired) electrons. The number of amides is 1. The first-order valence-corrected chi connectivity index (χ1v) is 10.4. The van der Waals surface area contributed by atoms with E-state index in [1.54, 1.807) is 22.7 Å². The fourth-order valence-electron chi connectivity index (χ4n) is 4.09. The highest BCUT2D eigenvalue weighted by molar-refractivity contribution is 5.82. The van der Waals surface area contributed by atoms with Gasteiger partial charge in [0.2, 0.25) is 5.91 Å². The highest BCUT2D eigenvalue weighted by Gasteiger charge is 2.38. The third kappa shape index (κ3) is 4.42. The van der Waals surface area contributed by atoms with E-state index in [2.05, 4.69) is 15.2 Å². The van der Waals surface area contributed by atoms with Crippen molar-refractivity contribution in [3.63, 3.8) is 0 Å². The number of aryl methyl sites for hydroxylation is 3. The monoisotopic (exact) mass is 435 g/mol. The first-order chi connectivity index (χ1) is 14.8. The minimum absolute atomic E-state index is 0.0481. The Kier molecular flexibility index (Phi) is 5.72. The largest absolute Gasteiger partial charge is 0.417 e. The molecule has 0 bridgehead atoms. The number of pyridine rings is 1. The molecule has 10 heteroatoms. The summed E-state index contributed by atoms with van der Waals surface area (Å²) in [5, 5.41) is 8.06. The first kappa shape index (κ1) is 21.3. The molecule has 0 aliphatic carbocycles. The third-order valence-electron chi connectivity index (χ3n) is 5.67. The molecule has 3 aromatic heterocycles. The molecule has 0 saturated carbocycles. The Morgan fingerprint density at radius 3 is 2.84 bits per heavy atom. The summed E-state index contributed by atoms with van der Waals surface area (Å²) >= 11 is 0. The van der Waals surface area contributed by atoms with E-state index in [1.165, 1.54) is 0 Å². The van der Waals surface area contributed by atoms with E-state index in [0.717, 1.165) is 11.6 Å². The zero-order valence-corrected chi connectivity index (χ0v) is 17.4. The topological polar surface area (TPSA) is 77.0 Å². The molecule has 4 heterocycles. The van der Waals surface area contributed by atoms with Crippen LogP contribution in [0.15, 0.2) is 23.0 Å². The van der Waals surface area contributed by atoms with Crippen molar-refractivity contribution in [3.05, 3.63) is 41.0 Å². The zero-order chi connectivity index (χ0) is 22.2. The molecule has 0 N–H and O–H groups in total. The molecule has 1 amide bonds. The summed E-state index contributed by atoms with van der Waals surface area (Å²) < 4.78 is 48.2. The van der Waals surface area contributed by atoms with Crippen LogP contribution in [0.4, 0.5) is 13.2 Å². The zero-order valence-electron chi connectivity index (χ0n) is 17.4. The molecule has 0 unspecified atom stereocenters. The van der Waals surface area contributed by atoms with Gasteiger partial charge in [-0.05, 0) is 37.8 Å². The standard InChI is InChI=1S/C21H24F3N5O2/c1-3-15-9-16(21(22,23)24)18-19(27-31-20(18)26-15)14-5-4-7-28(12-14)17(30)6-8-29-11-13(2)10-25-29/h9-11,14H,3-8,12H2,1-2H3/t14-/m0/s1. The number of rotatable bonds is 5. The SMILES string of the molecule is CCc1cc(C(F)(F)F)c2c([C@H]3CCCN(C(=O)CCn4cc(C)cn4)C3)noc2n1. The van der Waals surface area contributed by atoms with Crippen LogP contribution in [0.3, 0.4) is 0 Å². The van der Waals surface area contributed by atoms with Crippen molar-refractivity contribution < 1.29 is 22.5 Å². The van der Waals surface area contributed by atoms with E-state index >= 15 is 0 Å². The summed E-state index contributed by atoms with van der Waals surface area (Å²) in [6, 6.07) is 1.07. The van der Waals surface area contributed by atoms with Crippen molar-refractivity contribution >= 4 is 17.0 Å². The molecule has 3 aromatic rings. The number of nitrogens with zero attached hydrogens (tertiary/aromatic N) is 5. The second-order valence-corrected chi connectivity index (χ2v) is 7.97. The molecular formula is C21H24F3N5O2. The van der Waals surface area contributed by atoms with E-state index in [9.17, 15) is 18.0 Å². The van der Waals surface area contributed by atoms with Gasteiger partial charge in [-0.15, -0.1) is 0 Å². The van der Waals surface area contributed by atoms with Crippen LogP contribution in [-0.2, 0) is 23.9 Å². The van der Waals surface area contributed by atoms with Gasteiger partial charge in [-0.3, -0.25) is 9.48 Å². The van der Waals surface area contributed by atoms with Gasteiger partial charge in [0.25, 0.3) is 5.71 Å². The molecule has 7 nitrogen and oxygen atoms in total. The van der Waals surface area contributed by atoms with Crippen molar-refractivity contribution in [2.45, 2.75) is 58.2 Å². The van der Waals surface area contributed by atoms with Gasteiger partial charge in [0, 0.05) is 43.9 Å². The summed E-state index contributed by atoms with van der Waals surface area (Å²) in [6.07, 6.45) is 1.01. The fourth-order valence-corrected chi connectivity index (χ4v) is 4.09. The van der Waals surface area contributed by atoms with Crippen LogP contribution >= 0.6 is 0 Å². The lowest BCUT2D eigenvalue weighted by molar-refractivity contribution is -0.136. The maximum absolute atomic E-state index is 13.8. The normalized spacial score (nSPS) is 17.5. The average molecular weight is 435 g/mol. The highest BCUT2D eigenvalue weighted by atomic mass is 19.4. The number of carbonyl (C=O) groups is 1. The predicted octanol–water partition coefficient (Wildman–Crippen LogP) is 4.11. The van der Waals surface area contributed by atoms with Gasteiger partial charge in [-0.1, -0.05) is 12.1 Å². The van der Waals surface area contributed by atoms with E-state index in [4.69, 9.17) is 4.52 Å². The van der Waals surface area contributed by atoms with Crippen molar-refractivity contribution in [2.24, 2.45) is 0 Å². The Morgan fingerprint density at radius 1 is 1.35 bits per heavy atom. The van der Waals surface area contributed by atoms with Gasteiger partial charge in [0.05, 0.1) is 22.8 Å². The Morgan fingerprint density at radius 2 is 2.16 bits per heavy atom. The molecule has 1 fully saturated rings. The molecule has 1 aliphatic heterocycles. The van der Waals surface area contributed by atoms with Crippen molar-refractivity contribution in [1.82, 2.24) is 24.8 Å². The van der Waals surface area contributed by atoms with E-state index in [-0.39, 0.29) is 35.0 Å². The van der Waals surface area contributed by atoms with Gasteiger partial charge >= 0.3 is 6.18 Å². The molecular weight excluding hydrogens is 411 g/mol. The van der Waals surface area contributed by atoms with Crippen LogP contribution in [-0.4, -0.2) is 43.8 Å². The number of hydrogen-bond acceptors (Lipinski definition) is 5. The van der Waals surface area contributed by atoms with E-state index in [1.807, 2.05) is 13.1 Å². The first-order valence-electron chi connectivity index (χ1n) is 10.4. The Balaban J connectivity index is 1.56. The van der Waals surface area contributed by atoms with Crippen LogP contribution in [0, 0.1) is 6.92 Å². The number of hydrogen-bond donors (Lipinski definition) is 0. The highest BCUT2D eigenvalue weighted by Crippen LogP contribution is 2.40. The molecule has 166 valence electrons. The number of piperidine rings is 1. The predicted molar refractivity (Wildman–Crippen MR) is 106 cm³/mol. The molecule has 1 saturated heterocycles. The quantitative estimate of drug-likeness (QED) is 0.603. The van der Waals surface area contributed by atoms with Crippen LogP contribution in [0.2, 0.25) is 0 Å². The Labute approximate surface area is 177 Å². The lowest BCUT2D eigenvalue weighted by Gasteiger charge is -2.32. The third-order valence-corrected chi connectivity index (χ3v) is 5.67. The van der Waals surface area contributed by atoms with Gasteiger partial charge in [-0.2, -0.15) is 18.3 Å². The Hall–Kier alpha value is -2.91. The number of likely N-dealkylation sites (tertiary alicyclic amines) is 1. The maximum atomic E-state index is 13.8. The van der Waals surface area contributed by atoms with Gasteiger partial charge < -0.3 is 9.42 Å². The van der Waals surface area contributed by atoms with E-state index < -0.39 is 11.7 Å². The van der Waals surface area contributed by atoms with Gasteiger partial charge in [0.1, 0.15) is 0 Å². The lowest BCUT2D eigenvalue weighted by atomic mass is 9.91. The number of aromatic nitrogens is 4. The van der Waals surface area contributed by atoms with E-state index in [0.29, 0.717) is 44.6 Å². The molecule has 0 spiro atoms. The number of halogens is 3. The van der Waals surface area contributed by atoms with Gasteiger partial charge in [0.15, 0.2) is 0 Å². The van der Waals surface area contributed by atoms with Crippen LogP contribution in [0.1, 0.15) is 54.6 Å². The summed E-state index contributed by atoms with van der Waals surface area (Å²) in [5.74, 6) is -0.380.